The fraction of sp³-hybridized carbons (Fsp3) is 0.333. The molecule has 0 saturated carbocycles. The van der Waals surface area contributed by atoms with Gasteiger partial charge in [0.1, 0.15) is 18.1 Å². The Balaban J connectivity index is 1.52. The molecule has 2 N–H and O–H groups in total. The third-order valence-electron chi connectivity index (χ3n) is 3.70. The van der Waals surface area contributed by atoms with Crippen LogP contribution >= 0.6 is 0 Å². The number of phenolic OH excluding ortho intramolecular Hbond substituents is 1. The van der Waals surface area contributed by atoms with Gasteiger partial charge in [-0.25, -0.2) is 9.59 Å². The smallest absolute Gasteiger partial charge is 0.412 e. The number of nitrogens with one attached hydrogen (secondary N) is 1. The van der Waals surface area contributed by atoms with Gasteiger partial charge >= 0.3 is 12.1 Å². The molecule has 2 aromatic carbocycles. The first-order valence-corrected chi connectivity index (χ1v) is 9.12. The Kier molecular flexibility index (Phi) is 8.94. The number of carbonyl (C=O) groups is 2. The number of aromatic hydroxyl groups is 1. The van der Waals surface area contributed by atoms with Crippen molar-refractivity contribution in [3.8, 4) is 11.5 Å². The van der Waals surface area contributed by atoms with Gasteiger partial charge in [-0.3, -0.25) is 0 Å². The molecule has 0 saturated heterocycles. The van der Waals surface area contributed by atoms with Crippen molar-refractivity contribution in [3.63, 3.8) is 0 Å². The average molecular weight is 403 g/mol. The van der Waals surface area contributed by atoms with Gasteiger partial charge in [0, 0.05) is 12.1 Å². The molecule has 29 heavy (non-hydrogen) atoms. The lowest BCUT2D eigenvalue weighted by Crippen LogP contribution is -2.30. The second kappa shape index (κ2) is 11.7. The third-order valence-corrected chi connectivity index (χ3v) is 3.70. The number of carbonyl (C=O) groups excluding carboxylic acids is 2. The van der Waals surface area contributed by atoms with E-state index in [1.807, 2.05) is 0 Å². The quantitative estimate of drug-likeness (QED) is 0.338. The maximum atomic E-state index is 11.8. The van der Waals surface area contributed by atoms with Crippen molar-refractivity contribution in [2.75, 3.05) is 39.6 Å². The topological polar surface area (TPSA) is 103 Å². The van der Waals surface area contributed by atoms with Crippen LogP contribution in [-0.4, -0.2) is 56.7 Å². The van der Waals surface area contributed by atoms with E-state index in [1.165, 1.54) is 0 Å². The Labute approximate surface area is 169 Å². The summed E-state index contributed by atoms with van der Waals surface area (Å²) >= 11 is 0. The molecule has 1 amide bonds. The Hall–Kier alpha value is -3.10. The van der Waals surface area contributed by atoms with E-state index in [0.29, 0.717) is 31.1 Å². The molecular formula is C21H25NO7. The van der Waals surface area contributed by atoms with E-state index < -0.39 is 12.1 Å². The molecule has 8 nitrogen and oxygen atoms in total. The summed E-state index contributed by atoms with van der Waals surface area (Å²) in [5.74, 6) is 0.147. The van der Waals surface area contributed by atoms with Crippen molar-refractivity contribution in [1.82, 2.24) is 5.32 Å². The molecule has 0 unspecified atom stereocenters. The zero-order valence-corrected chi connectivity index (χ0v) is 16.3. The highest BCUT2D eigenvalue weighted by molar-refractivity contribution is 5.87. The van der Waals surface area contributed by atoms with Crippen LogP contribution in [0.3, 0.4) is 0 Å². The summed E-state index contributed by atoms with van der Waals surface area (Å²) < 4.78 is 20.7. The summed E-state index contributed by atoms with van der Waals surface area (Å²) in [5, 5.41) is 13.8. The van der Waals surface area contributed by atoms with Gasteiger partial charge in [-0.05, 0) is 42.0 Å². The highest BCUT2D eigenvalue weighted by Crippen LogP contribution is 2.24. The Bertz CT molecular complexity index is 850. The zero-order valence-electron chi connectivity index (χ0n) is 16.3. The fourth-order valence-corrected chi connectivity index (χ4v) is 2.28. The van der Waals surface area contributed by atoms with Crippen LogP contribution in [0.15, 0.2) is 48.6 Å². The first kappa shape index (κ1) is 22.2. The second-order valence-electron chi connectivity index (χ2n) is 6.15. The highest BCUT2D eigenvalue weighted by Gasteiger charge is 2.05. The summed E-state index contributed by atoms with van der Waals surface area (Å²) in [5.41, 5.74) is 0.347. The molecule has 0 aliphatic rings. The van der Waals surface area contributed by atoms with Gasteiger partial charge in [0.2, 0.25) is 0 Å². The number of amides is 1. The Morgan fingerprint density at radius 2 is 1.62 bits per heavy atom. The van der Waals surface area contributed by atoms with E-state index in [9.17, 15) is 14.7 Å². The number of ether oxygens (including phenoxy) is 4. The van der Waals surface area contributed by atoms with Crippen LogP contribution in [0.4, 0.5) is 4.79 Å². The van der Waals surface area contributed by atoms with E-state index in [0.717, 1.165) is 10.8 Å². The summed E-state index contributed by atoms with van der Waals surface area (Å²) in [6.45, 7) is 6.79. The highest BCUT2D eigenvalue weighted by atomic mass is 16.6. The Morgan fingerprint density at radius 1 is 0.966 bits per heavy atom. The van der Waals surface area contributed by atoms with Gasteiger partial charge < -0.3 is 29.4 Å². The van der Waals surface area contributed by atoms with E-state index in [2.05, 4.69) is 11.9 Å². The lowest BCUT2D eigenvalue weighted by molar-refractivity contribution is -0.140. The number of hydrogen-bond donors (Lipinski definition) is 2. The van der Waals surface area contributed by atoms with Crippen LogP contribution < -0.4 is 10.1 Å². The molecule has 8 heteroatoms. The molecular weight excluding hydrogens is 378 g/mol. The number of fused-ring (bicyclic) bond motifs is 1. The Morgan fingerprint density at radius 3 is 2.38 bits per heavy atom. The van der Waals surface area contributed by atoms with Crippen LogP contribution in [0.2, 0.25) is 0 Å². The summed E-state index contributed by atoms with van der Waals surface area (Å²) in [7, 11) is 0. The van der Waals surface area contributed by atoms with E-state index >= 15 is 0 Å². The molecule has 0 atom stereocenters. The first-order chi connectivity index (χ1) is 14.0. The molecule has 0 heterocycles. The SMILES string of the molecule is C=C(C)C(=O)OCCOCCOCCNC(=O)Oc1ccc2cc(O)ccc2c1. The molecule has 0 fully saturated rings. The maximum Gasteiger partial charge on any atom is 0.412 e. The number of benzene rings is 2. The maximum absolute atomic E-state index is 11.8. The minimum absolute atomic E-state index is 0.162. The third kappa shape index (κ3) is 8.20. The monoisotopic (exact) mass is 403 g/mol. The molecule has 0 aliphatic heterocycles. The van der Waals surface area contributed by atoms with Crippen molar-refractivity contribution in [3.05, 3.63) is 48.6 Å². The van der Waals surface area contributed by atoms with Gasteiger partial charge in [-0.15, -0.1) is 0 Å². The summed E-state index contributed by atoms with van der Waals surface area (Å²) in [6, 6.07) is 10.1. The molecule has 0 aromatic heterocycles. The van der Waals surface area contributed by atoms with Crippen molar-refractivity contribution in [1.29, 1.82) is 0 Å². The number of phenols is 1. The molecule has 2 aromatic rings. The lowest BCUT2D eigenvalue weighted by Gasteiger charge is -2.09. The standard InChI is InChI=1S/C21H25NO7/c1-15(2)20(24)28-12-11-27-10-9-26-8-7-22-21(25)29-19-6-4-16-13-18(23)5-3-17(16)14-19/h3-6,13-14,23H,1,7-12H2,2H3,(H,22,25). The molecule has 156 valence electrons. The van der Waals surface area contributed by atoms with Crippen LogP contribution in [0.25, 0.3) is 10.8 Å². The predicted molar refractivity (Wildman–Crippen MR) is 107 cm³/mol. The van der Waals surface area contributed by atoms with Gasteiger partial charge in [0.25, 0.3) is 0 Å². The molecule has 2 rings (SSSR count). The molecule has 0 bridgehead atoms. The van der Waals surface area contributed by atoms with Crippen LogP contribution in [0, 0.1) is 0 Å². The average Bonchev–Trinajstić information content (AvgIpc) is 2.69. The van der Waals surface area contributed by atoms with Crippen molar-refractivity contribution < 1.29 is 33.6 Å². The minimum Gasteiger partial charge on any atom is -0.508 e. The van der Waals surface area contributed by atoms with Gasteiger partial charge in [0.15, 0.2) is 0 Å². The lowest BCUT2D eigenvalue weighted by atomic mass is 10.1. The van der Waals surface area contributed by atoms with Gasteiger partial charge in [0.05, 0.1) is 26.4 Å². The second-order valence-corrected chi connectivity index (χ2v) is 6.15. The van der Waals surface area contributed by atoms with Crippen molar-refractivity contribution >= 4 is 22.8 Å². The van der Waals surface area contributed by atoms with Gasteiger partial charge in [-0.1, -0.05) is 18.7 Å². The molecule has 0 radical (unpaired) electrons. The number of esters is 1. The van der Waals surface area contributed by atoms with E-state index in [4.69, 9.17) is 18.9 Å². The number of hydrogen-bond acceptors (Lipinski definition) is 7. The van der Waals surface area contributed by atoms with Gasteiger partial charge in [-0.2, -0.15) is 0 Å². The minimum atomic E-state index is -0.581. The van der Waals surface area contributed by atoms with Crippen LogP contribution in [-0.2, 0) is 19.0 Å². The fourth-order valence-electron chi connectivity index (χ4n) is 2.28. The van der Waals surface area contributed by atoms with Crippen LogP contribution in [0.5, 0.6) is 11.5 Å². The zero-order chi connectivity index (χ0) is 21.1. The van der Waals surface area contributed by atoms with Crippen molar-refractivity contribution in [2.45, 2.75) is 6.92 Å². The molecule has 0 spiro atoms. The van der Waals surface area contributed by atoms with Crippen molar-refractivity contribution in [2.24, 2.45) is 0 Å². The first-order valence-electron chi connectivity index (χ1n) is 9.12. The predicted octanol–water partition coefficient (Wildman–Crippen LogP) is 2.79. The molecule has 0 aliphatic carbocycles. The largest absolute Gasteiger partial charge is 0.508 e. The van der Waals surface area contributed by atoms with E-state index in [1.54, 1.807) is 43.3 Å². The number of rotatable bonds is 11. The summed E-state index contributed by atoms with van der Waals surface area (Å²) in [6.07, 6.45) is -0.581. The summed E-state index contributed by atoms with van der Waals surface area (Å²) in [4.78, 5) is 22.9. The van der Waals surface area contributed by atoms with Crippen LogP contribution in [0.1, 0.15) is 6.92 Å². The normalized spacial score (nSPS) is 10.5. The van der Waals surface area contributed by atoms with E-state index in [-0.39, 0.29) is 25.5 Å².